The monoisotopic (exact) mass is 324 g/mol. The van der Waals surface area contributed by atoms with Gasteiger partial charge in [0.2, 0.25) is 0 Å². The Morgan fingerprint density at radius 2 is 1.53 bits per heavy atom. The molecule has 0 saturated heterocycles. The molecule has 0 bridgehead atoms. The molecule has 96 valence electrons. The summed E-state index contributed by atoms with van der Waals surface area (Å²) in [5.41, 5.74) is -1.09. The zero-order chi connectivity index (χ0) is 13.4. The minimum Gasteiger partial charge on any atom is -0.207 e. The molecule has 1 aromatic carbocycles. The Hall–Kier alpha value is -0.790. The zero-order valence-electron chi connectivity index (χ0n) is 7.83. The van der Waals surface area contributed by atoms with Crippen LogP contribution >= 0.6 is 15.9 Å². The highest BCUT2D eigenvalue weighted by Crippen LogP contribution is 2.49. The molecule has 0 spiro atoms. The van der Waals surface area contributed by atoms with Gasteiger partial charge in [-0.25, -0.2) is 8.78 Å². The van der Waals surface area contributed by atoms with Crippen LogP contribution in [-0.2, 0) is 0 Å². The highest BCUT2D eigenvalue weighted by Gasteiger charge is 2.62. The molecule has 0 fully saturated rings. The predicted octanol–water partition coefficient (Wildman–Crippen LogP) is 4.60. The van der Waals surface area contributed by atoms with E-state index in [2.05, 4.69) is 15.9 Å². The first kappa shape index (κ1) is 14.3. The van der Waals surface area contributed by atoms with Crippen LogP contribution in [0.15, 0.2) is 18.2 Å². The summed E-state index contributed by atoms with van der Waals surface area (Å²) in [7, 11) is 0. The fourth-order valence-electron chi connectivity index (χ4n) is 1.05. The standard InChI is InChI=1S/C9H4BrF7/c10-7(8(13,14)9(15,16)17)5-3-4(11)1-2-6(5)12/h1-3,7H. The van der Waals surface area contributed by atoms with Gasteiger partial charge in [-0.1, -0.05) is 15.9 Å². The summed E-state index contributed by atoms with van der Waals surface area (Å²) in [6.45, 7) is 0. The summed E-state index contributed by atoms with van der Waals surface area (Å²) in [6.07, 6.45) is -5.86. The fraction of sp³-hybridized carbons (Fsp3) is 0.333. The average molecular weight is 325 g/mol. The third-order valence-corrected chi connectivity index (χ3v) is 3.00. The van der Waals surface area contributed by atoms with E-state index in [0.29, 0.717) is 12.1 Å². The summed E-state index contributed by atoms with van der Waals surface area (Å²) in [5.74, 6) is -7.66. The summed E-state index contributed by atoms with van der Waals surface area (Å²) in [5, 5.41) is 0. The van der Waals surface area contributed by atoms with Crippen molar-refractivity contribution in [3.63, 3.8) is 0 Å². The van der Waals surface area contributed by atoms with Crippen molar-refractivity contribution in [1.82, 2.24) is 0 Å². The van der Waals surface area contributed by atoms with Crippen LogP contribution in [-0.4, -0.2) is 12.1 Å². The van der Waals surface area contributed by atoms with Crippen LogP contribution in [0, 0.1) is 11.6 Å². The second kappa shape index (κ2) is 4.47. The number of alkyl halides is 6. The van der Waals surface area contributed by atoms with Gasteiger partial charge in [-0.05, 0) is 18.2 Å². The molecule has 1 unspecified atom stereocenters. The highest BCUT2D eigenvalue weighted by molar-refractivity contribution is 9.09. The Labute approximate surface area is 99.6 Å². The molecule has 8 heteroatoms. The van der Waals surface area contributed by atoms with Crippen LogP contribution in [0.4, 0.5) is 30.7 Å². The highest BCUT2D eigenvalue weighted by atomic mass is 79.9. The Morgan fingerprint density at radius 3 is 2.00 bits per heavy atom. The van der Waals surface area contributed by atoms with Crippen molar-refractivity contribution in [2.45, 2.75) is 16.9 Å². The van der Waals surface area contributed by atoms with E-state index in [1.807, 2.05) is 0 Å². The maximum Gasteiger partial charge on any atom is 0.454 e. The molecule has 1 rings (SSSR count). The summed E-state index contributed by atoms with van der Waals surface area (Å²) in [4.78, 5) is -2.69. The van der Waals surface area contributed by atoms with E-state index in [9.17, 15) is 30.7 Å². The van der Waals surface area contributed by atoms with E-state index in [0.717, 1.165) is 0 Å². The lowest BCUT2D eigenvalue weighted by molar-refractivity contribution is -0.281. The summed E-state index contributed by atoms with van der Waals surface area (Å²) >= 11 is 2.05. The van der Waals surface area contributed by atoms with Gasteiger partial charge >= 0.3 is 12.1 Å². The molecular weight excluding hydrogens is 321 g/mol. The number of halogens is 8. The van der Waals surface area contributed by atoms with Crippen molar-refractivity contribution in [2.24, 2.45) is 0 Å². The molecule has 1 aromatic rings. The summed E-state index contributed by atoms with van der Waals surface area (Å²) in [6, 6.07) is 1.38. The number of hydrogen-bond donors (Lipinski definition) is 0. The molecule has 0 amide bonds. The van der Waals surface area contributed by atoms with E-state index >= 15 is 0 Å². The van der Waals surface area contributed by atoms with Crippen LogP contribution in [0.25, 0.3) is 0 Å². The SMILES string of the molecule is Fc1ccc(F)c(C(Br)C(F)(F)C(F)(F)F)c1. The smallest absolute Gasteiger partial charge is 0.207 e. The molecule has 0 aliphatic heterocycles. The van der Waals surface area contributed by atoms with E-state index in [1.54, 1.807) is 0 Å². The van der Waals surface area contributed by atoms with E-state index in [1.165, 1.54) is 0 Å². The second-order valence-corrected chi connectivity index (χ2v) is 4.06. The first-order chi connectivity index (χ1) is 7.57. The Morgan fingerprint density at radius 1 is 1.00 bits per heavy atom. The third kappa shape index (κ3) is 2.72. The van der Waals surface area contributed by atoms with Crippen molar-refractivity contribution < 1.29 is 30.7 Å². The zero-order valence-corrected chi connectivity index (χ0v) is 9.42. The number of benzene rings is 1. The molecule has 0 aromatic heterocycles. The first-order valence-electron chi connectivity index (χ1n) is 4.11. The van der Waals surface area contributed by atoms with Gasteiger partial charge in [0.25, 0.3) is 0 Å². The Bertz CT molecular complexity index is 412. The van der Waals surface area contributed by atoms with Gasteiger partial charge in [-0.15, -0.1) is 0 Å². The van der Waals surface area contributed by atoms with E-state index in [-0.39, 0.29) is 6.07 Å². The van der Waals surface area contributed by atoms with Crippen LogP contribution in [0.5, 0.6) is 0 Å². The van der Waals surface area contributed by atoms with Crippen LogP contribution in [0.1, 0.15) is 10.4 Å². The fourth-order valence-corrected chi connectivity index (χ4v) is 1.66. The molecule has 0 aliphatic rings. The van der Waals surface area contributed by atoms with Gasteiger partial charge in [0, 0.05) is 5.56 Å². The molecule has 0 nitrogen and oxygen atoms in total. The third-order valence-electron chi connectivity index (χ3n) is 1.93. The molecule has 0 radical (unpaired) electrons. The largest absolute Gasteiger partial charge is 0.454 e. The van der Waals surface area contributed by atoms with E-state index in [4.69, 9.17) is 0 Å². The maximum absolute atomic E-state index is 13.0. The van der Waals surface area contributed by atoms with Crippen LogP contribution in [0.2, 0.25) is 0 Å². The summed E-state index contributed by atoms with van der Waals surface area (Å²) < 4.78 is 87.5. The lowest BCUT2D eigenvalue weighted by Gasteiger charge is -2.25. The molecule has 0 heterocycles. The molecule has 0 saturated carbocycles. The van der Waals surface area contributed by atoms with Gasteiger partial charge in [0.1, 0.15) is 16.5 Å². The van der Waals surface area contributed by atoms with Gasteiger partial charge in [-0.2, -0.15) is 22.0 Å². The predicted molar refractivity (Wildman–Crippen MR) is 49.0 cm³/mol. The van der Waals surface area contributed by atoms with Gasteiger partial charge < -0.3 is 0 Å². The molecule has 17 heavy (non-hydrogen) atoms. The van der Waals surface area contributed by atoms with Crippen molar-refractivity contribution in [3.8, 4) is 0 Å². The Balaban J connectivity index is 3.21. The minimum absolute atomic E-state index is 0.286. The van der Waals surface area contributed by atoms with Gasteiger partial charge in [-0.3, -0.25) is 0 Å². The normalized spacial score (nSPS) is 14.8. The van der Waals surface area contributed by atoms with Crippen molar-refractivity contribution in [3.05, 3.63) is 35.4 Å². The minimum atomic E-state index is -5.86. The van der Waals surface area contributed by atoms with E-state index < -0.39 is 34.1 Å². The lowest BCUT2D eigenvalue weighted by Crippen LogP contribution is -2.40. The maximum atomic E-state index is 13.0. The molecule has 1 atom stereocenters. The second-order valence-electron chi connectivity index (χ2n) is 3.15. The molecular formula is C9H4BrF7. The average Bonchev–Trinajstić information content (AvgIpc) is 2.19. The molecule has 0 aliphatic carbocycles. The topological polar surface area (TPSA) is 0 Å². The van der Waals surface area contributed by atoms with Crippen LogP contribution < -0.4 is 0 Å². The van der Waals surface area contributed by atoms with Crippen LogP contribution in [0.3, 0.4) is 0 Å². The first-order valence-corrected chi connectivity index (χ1v) is 5.02. The Kier molecular flexibility index (Phi) is 3.75. The van der Waals surface area contributed by atoms with Crippen molar-refractivity contribution >= 4 is 15.9 Å². The van der Waals surface area contributed by atoms with Gasteiger partial charge in [0.05, 0.1) is 0 Å². The molecule has 0 N–H and O–H groups in total. The quantitative estimate of drug-likeness (QED) is 0.551. The van der Waals surface area contributed by atoms with Crippen molar-refractivity contribution in [2.75, 3.05) is 0 Å². The van der Waals surface area contributed by atoms with Crippen molar-refractivity contribution in [1.29, 1.82) is 0 Å². The lowest BCUT2D eigenvalue weighted by atomic mass is 10.1. The number of hydrogen-bond acceptors (Lipinski definition) is 0. The number of rotatable bonds is 2. The van der Waals surface area contributed by atoms with Gasteiger partial charge in [0.15, 0.2) is 0 Å².